The van der Waals surface area contributed by atoms with Crippen molar-refractivity contribution in [1.29, 1.82) is 0 Å². The van der Waals surface area contributed by atoms with Gasteiger partial charge in [0.2, 0.25) is 5.91 Å². The van der Waals surface area contributed by atoms with Gasteiger partial charge in [-0.15, -0.1) is 0 Å². The Kier molecular flexibility index (Phi) is 5.91. The summed E-state index contributed by atoms with van der Waals surface area (Å²) in [5.74, 6) is -0.335. The summed E-state index contributed by atoms with van der Waals surface area (Å²) >= 11 is 0. The molecule has 0 bridgehead atoms. The van der Waals surface area contributed by atoms with Gasteiger partial charge in [-0.3, -0.25) is 29.6 Å². The van der Waals surface area contributed by atoms with Gasteiger partial charge in [-0.1, -0.05) is 12.1 Å². The molecule has 3 aromatic heterocycles. The second-order valence-electron chi connectivity index (χ2n) is 9.55. The molecule has 4 heterocycles. The third-order valence-corrected chi connectivity index (χ3v) is 6.64. The Balaban J connectivity index is 1.55. The van der Waals surface area contributed by atoms with E-state index in [1.165, 1.54) is 28.7 Å². The topological polar surface area (TPSA) is 134 Å². The van der Waals surface area contributed by atoms with Crippen LogP contribution in [0.25, 0.3) is 22.1 Å². The first-order chi connectivity index (χ1) is 17.6. The van der Waals surface area contributed by atoms with Crippen molar-refractivity contribution in [3.05, 3.63) is 63.8 Å². The number of likely N-dealkylation sites (tertiary alicyclic amines) is 1. The van der Waals surface area contributed by atoms with Crippen molar-refractivity contribution >= 4 is 39.6 Å². The summed E-state index contributed by atoms with van der Waals surface area (Å²) in [6.07, 6.45) is 1.53. The molecule has 3 N–H and O–H groups in total. The third kappa shape index (κ3) is 4.40. The van der Waals surface area contributed by atoms with Crippen LogP contribution in [-0.2, 0) is 24.9 Å². The maximum Gasteiger partial charge on any atom is 0.265 e. The summed E-state index contributed by atoms with van der Waals surface area (Å²) in [7, 11) is 1.82. The van der Waals surface area contributed by atoms with Gasteiger partial charge in [0.15, 0.2) is 0 Å². The van der Waals surface area contributed by atoms with E-state index < -0.39 is 23.0 Å². The number of carbonyl (C=O) groups excluding carboxylic acids is 2. The highest BCUT2D eigenvalue weighted by molar-refractivity contribution is 6.05. The minimum Gasteiger partial charge on any atom is -0.348 e. The molecule has 4 aromatic rings. The van der Waals surface area contributed by atoms with Crippen molar-refractivity contribution in [2.24, 2.45) is 7.05 Å². The largest absolute Gasteiger partial charge is 0.348 e. The first-order valence-corrected chi connectivity index (χ1v) is 11.7. The number of benzene rings is 1. The molecule has 1 fully saturated rings. The molecule has 1 aliphatic rings. The number of carbonyl (C=O) groups is 2. The van der Waals surface area contributed by atoms with Gasteiger partial charge in [-0.25, -0.2) is 14.4 Å². The van der Waals surface area contributed by atoms with Gasteiger partial charge in [-0.05, 0) is 37.6 Å². The number of halogens is 1. The molecule has 1 aliphatic heterocycles. The minimum atomic E-state index is -1.45. The molecule has 0 radical (unpaired) electrons. The van der Waals surface area contributed by atoms with Crippen molar-refractivity contribution in [3.63, 3.8) is 0 Å². The van der Waals surface area contributed by atoms with Crippen molar-refractivity contribution in [2.45, 2.75) is 32.6 Å². The number of alkyl halides is 1. The van der Waals surface area contributed by atoms with Gasteiger partial charge in [0, 0.05) is 19.0 Å². The Labute approximate surface area is 210 Å². The Morgan fingerprint density at radius 3 is 2.57 bits per heavy atom. The molecule has 1 saturated heterocycles. The number of rotatable bonds is 6. The minimum absolute atomic E-state index is 0.0537. The molecule has 0 saturated carbocycles. The number of fused-ring (bicyclic) bond motifs is 3. The number of pyridine rings is 2. The van der Waals surface area contributed by atoms with Crippen LogP contribution in [0.4, 0.5) is 10.1 Å². The number of amides is 2. The van der Waals surface area contributed by atoms with Gasteiger partial charge >= 0.3 is 0 Å². The smallest absolute Gasteiger partial charge is 0.265 e. The van der Waals surface area contributed by atoms with Crippen LogP contribution in [-0.4, -0.2) is 59.8 Å². The SMILES string of the molecule is Cc1nc2cnc3c(cc(C(=O)NCc4ccc(NO)cc4)c(=O)n3CC(=O)N3CC(C)(F)C3)c2n1C. The van der Waals surface area contributed by atoms with E-state index in [9.17, 15) is 18.8 Å². The molecule has 11 nitrogen and oxygen atoms in total. The zero-order valence-electron chi connectivity index (χ0n) is 20.6. The van der Waals surface area contributed by atoms with Crippen LogP contribution in [0.2, 0.25) is 0 Å². The molecule has 37 heavy (non-hydrogen) atoms. The number of hydrogen-bond acceptors (Lipinski definition) is 7. The molecule has 0 aliphatic carbocycles. The molecule has 2 amide bonds. The summed E-state index contributed by atoms with van der Waals surface area (Å²) in [4.78, 5) is 49.8. The molecule has 0 unspecified atom stereocenters. The van der Waals surface area contributed by atoms with E-state index in [4.69, 9.17) is 5.21 Å². The number of hydrogen-bond donors (Lipinski definition) is 3. The molecule has 0 atom stereocenters. The van der Waals surface area contributed by atoms with Crippen molar-refractivity contribution in [2.75, 3.05) is 18.6 Å². The first kappa shape index (κ1) is 24.4. The van der Waals surface area contributed by atoms with Crippen LogP contribution in [0, 0.1) is 6.92 Å². The Hall–Kier alpha value is -4.32. The average molecular weight is 508 g/mol. The van der Waals surface area contributed by atoms with Gasteiger partial charge in [0.1, 0.15) is 34.8 Å². The highest BCUT2D eigenvalue weighted by atomic mass is 19.1. The quantitative estimate of drug-likeness (QED) is 0.339. The van der Waals surface area contributed by atoms with Crippen LogP contribution < -0.4 is 16.4 Å². The fraction of sp³-hybridized carbons (Fsp3) is 0.320. The lowest BCUT2D eigenvalue weighted by Gasteiger charge is -2.42. The van der Waals surface area contributed by atoms with E-state index in [-0.39, 0.29) is 37.4 Å². The van der Waals surface area contributed by atoms with Gasteiger partial charge < -0.3 is 14.8 Å². The summed E-state index contributed by atoms with van der Waals surface area (Å²) < 4.78 is 17.0. The number of aryl methyl sites for hydroxylation is 2. The zero-order valence-corrected chi connectivity index (χ0v) is 20.6. The molecular weight excluding hydrogens is 481 g/mol. The molecule has 192 valence electrons. The highest BCUT2D eigenvalue weighted by Gasteiger charge is 2.41. The number of nitrogens with zero attached hydrogens (tertiary/aromatic N) is 5. The summed E-state index contributed by atoms with van der Waals surface area (Å²) in [6, 6.07) is 8.19. The summed E-state index contributed by atoms with van der Waals surface area (Å²) in [5.41, 5.74) is 2.50. The number of nitrogens with one attached hydrogen (secondary N) is 2. The van der Waals surface area contributed by atoms with E-state index in [1.807, 2.05) is 24.0 Å². The van der Waals surface area contributed by atoms with Crippen molar-refractivity contribution < 1.29 is 19.2 Å². The fourth-order valence-electron chi connectivity index (χ4n) is 4.58. The third-order valence-electron chi connectivity index (χ3n) is 6.64. The predicted molar refractivity (Wildman–Crippen MR) is 134 cm³/mol. The Morgan fingerprint density at radius 2 is 1.92 bits per heavy atom. The first-order valence-electron chi connectivity index (χ1n) is 11.7. The second kappa shape index (κ2) is 8.96. The number of aromatic nitrogens is 4. The fourth-order valence-corrected chi connectivity index (χ4v) is 4.58. The number of anilines is 1. The number of imidazole rings is 1. The van der Waals surface area contributed by atoms with E-state index in [2.05, 4.69) is 15.3 Å². The Bertz CT molecular complexity index is 1600. The predicted octanol–water partition coefficient (Wildman–Crippen LogP) is 1.89. The lowest BCUT2D eigenvalue weighted by atomic mass is 9.99. The molecule has 1 aromatic carbocycles. The van der Waals surface area contributed by atoms with Crippen LogP contribution in [0.3, 0.4) is 0 Å². The monoisotopic (exact) mass is 507 g/mol. The maximum absolute atomic E-state index is 14.0. The normalized spacial score (nSPS) is 14.6. The van der Waals surface area contributed by atoms with Crippen LogP contribution in [0.15, 0.2) is 41.3 Å². The zero-order chi connectivity index (χ0) is 26.5. The van der Waals surface area contributed by atoms with Crippen molar-refractivity contribution in [3.8, 4) is 0 Å². The lowest BCUT2D eigenvalue weighted by Crippen LogP contribution is -2.60. The van der Waals surface area contributed by atoms with Gasteiger partial charge in [0.25, 0.3) is 11.5 Å². The standard InChI is InChI=1S/C25H26FN7O4/c1-14-29-19-10-27-22-17(21(19)31(14)3)8-18(23(35)28-9-15-4-6-16(30-37)7-5-15)24(36)33(22)11-20(34)32-12-25(2,26)13-32/h4-8,10,30,37H,9,11-13H2,1-3H3,(H,28,35). The van der Waals surface area contributed by atoms with Crippen molar-refractivity contribution in [1.82, 2.24) is 29.3 Å². The summed E-state index contributed by atoms with van der Waals surface area (Å²) in [5, 5.41) is 12.2. The van der Waals surface area contributed by atoms with Gasteiger partial charge in [-0.2, -0.15) is 0 Å². The molecule has 0 spiro atoms. The van der Waals surface area contributed by atoms with E-state index in [0.29, 0.717) is 27.9 Å². The maximum atomic E-state index is 14.0. The second-order valence-corrected chi connectivity index (χ2v) is 9.55. The average Bonchev–Trinajstić information content (AvgIpc) is 3.16. The highest BCUT2D eigenvalue weighted by Crippen LogP contribution is 2.26. The molecule has 12 heteroatoms. The Morgan fingerprint density at radius 1 is 1.22 bits per heavy atom. The molecular formula is C25H26FN7O4. The van der Waals surface area contributed by atoms with Gasteiger partial charge in [0.05, 0.1) is 30.5 Å². The van der Waals surface area contributed by atoms with E-state index in [1.54, 1.807) is 24.3 Å². The van der Waals surface area contributed by atoms with E-state index >= 15 is 0 Å². The van der Waals surface area contributed by atoms with E-state index in [0.717, 1.165) is 5.56 Å². The van der Waals surface area contributed by atoms with Crippen LogP contribution in [0.1, 0.15) is 28.7 Å². The summed E-state index contributed by atoms with van der Waals surface area (Å²) in [6.45, 7) is 2.90. The molecule has 5 rings (SSSR count). The van der Waals surface area contributed by atoms with Crippen LogP contribution in [0.5, 0.6) is 0 Å². The lowest BCUT2D eigenvalue weighted by molar-refractivity contribution is -0.144. The van der Waals surface area contributed by atoms with Crippen LogP contribution >= 0.6 is 0 Å².